The van der Waals surface area contributed by atoms with Gasteiger partial charge in [-0.15, -0.1) is 0 Å². The summed E-state index contributed by atoms with van der Waals surface area (Å²) in [6.45, 7) is 6.02. The fourth-order valence-electron chi connectivity index (χ4n) is 2.69. The highest BCUT2D eigenvalue weighted by Crippen LogP contribution is 2.31. The number of ether oxygens (including phenoxy) is 2. The minimum atomic E-state index is -1.02. The van der Waals surface area contributed by atoms with Crippen molar-refractivity contribution in [3.8, 4) is 0 Å². The summed E-state index contributed by atoms with van der Waals surface area (Å²) in [7, 11) is 0. The van der Waals surface area contributed by atoms with E-state index in [9.17, 15) is 24.3 Å². The highest BCUT2D eigenvalue weighted by molar-refractivity contribution is 8.13. The van der Waals surface area contributed by atoms with E-state index in [1.807, 2.05) is 13.8 Å². The Hall–Kier alpha value is -1.69. The molecule has 3 atom stereocenters. The van der Waals surface area contributed by atoms with Crippen LogP contribution < -0.4 is 10.6 Å². The molecule has 2 amide bonds. The summed E-state index contributed by atoms with van der Waals surface area (Å²) >= 11 is 0.979. The van der Waals surface area contributed by atoms with Crippen molar-refractivity contribution in [2.75, 3.05) is 25.4 Å². The third kappa shape index (κ3) is 10.4. The molecule has 0 aliphatic carbocycles. The number of carboxylic acid groups (broad SMARTS) is 1. The van der Waals surface area contributed by atoms with Crippen LogP contribution >= 0.6 is 11.8 Å². The molecule has 1 saturated heterocycles. The summed E-state index contributed by atoms with van der Waals surface area (Å²) in [6, 6.07) is 0. The molecule has 11 heteroatoms. The van der Waals surface area contributed by atoms with Crippen molar-refractivity contribution in [3.63, 3.8) is 0 Å². The Balaban J connectivity index is 2.26. The number of carbonyl (C=O) groups is 4. The normalized spacial score (nSPS) is 21.5. The average Bonchev–Trinajstić information content (AvgIpc) is 2.64. The lowest BCUT2D eigenvalue weighted by molar-refractivity contribution is -0.260. The predicted molar refractivity (Wildman–Crippen MR) is 110 cm³/mol. The van der Waals surface area contributed by atoms with Crippen molar-refractivity contribution in [1.82, 2.24) is 10.6 Å². The Morgan fingerprint density at radius 3 is 2.47 bits per heavy atom. The van der Waals surface area contributed by atoms with E-state index >= 15 is 0 Å². The molecule has 1 rings (SSSR count). The quantitative estimate of drug-likeness (QED) is 0.308. The van der Waals surface area contributed by atoms with Gasteiger partial charge in [0.25, 0.3) is 0 Å². The first-order chi connectivity index (χ1) is 14.0. The van der Waals surface area contributed by atoms with E-state index in [0.717, 1.165) is 11.8 Å². The number of aliphatic hydroxyl groups is 1. The first-order valence-electron chi connectivity index (χ1n) is 9.88. The summed E-state index contributed by atoms with van der Waals surface area (Å²) < 4.78 is 11.2. The first kappa shape index (κ1) is 26.3. The number of carboxylic acids is 1. The number of rotatable bonds is 12. The second-order valence-corrected chi connectivity index (χ2v) is 8.99. The van der Waals surface area contributed by atoms with Gasteiger partial charge in [0.15, 0.2) is 11.4 Å². The van der Waals surface area contributed by atoms with Crippen LogP contribution in [0.3, 0.4) is 0 Å². The van der Waals surface area contributed by atoms with Crippen LogP contribution in [0.15, 0.2) is 0 Å². The molecule has 0 spiro atoms. The number of carbonyl (C=O) groups excluding carboxylic acids is 3. The largest absolute Gasteiger partial charge is 0.481 e. The molecule has 10 nitrogen and oxygen atoms in total. The Morgan fingerprint density at radius 2 is 1.83 bits per heavy atom. The molecule has 1 fully saturated rings. The third-order valence-corrected chi connectivity index (χ3v) is 5.23. The zero-order valence-electron chi connectivity index (χ0n) is 17.6. The second-order valence-electron chi connectivity index (χ2n) is 7.84. The van der Waals surface area contributed by atoms with Crippen molar-refractivity contribution in [2.24, 2.45) is 5.41 Å². The molecule has 0 saturated carbocycles. The lowest BCUT2D eigenvalue weighted by Crippen LogP contribution is -2.54. The lowest BCUT2D eigenvalue weighted by Gasteiger charge is -2.41. The van der Waals surface area contributed by atoms with E-state index < -0.39 is 29.9 Å². The maximum Gasteiger partial charge on any atom is 0.303 e. The fourth-order valence-corrected chi connectivity index (χ4v) is 3.37. The highest BCUT2D eigenvalue weighted by atomic mass is 32.2. The number of thioether (sulfide) groups is 1. The maximum atomic E-state index is 12.5. The molecule has 1 aliphatic rings. The van der Waals surface area contributed by atoms with E-state index in [1.54, 1.807) is 6.92 Å². The maximum absolute atomic E-state index is 12.5. The SMILES string of the molecule is CC(O)CC1OCC(C)(C)[C@H](C(=O)NCCC(=O)NCCSC(=O)CCC(=O)O)O1. The van der Waals surface area contributed by atoms with E-state index in [4.69, 9.17) is 14.6 Å². The van der Waals surface area contributed by atoms with Gasteiger partial charge in [0, 0.05) is 43.5 Å². The smallest absolute Gasteiger partial charge is 0.303 e. The molecule has 1 heterocycles. The highest BCUT2D eigenvalue weighted by Gasteiger charge is 2.42. The monoisotopic (exact) mass is 448 g/mol. The summed E-state index contributed by atoms with van der Waals surface area (Å²) in [5, 5.41) is 23.1. The molecular weight excluding hydrogens is 416 g/mol. The zero-order valence-corrected chi connectivity index (χ0v) is 18.5. The molecular formula is C19H32N2O8S. The fraction of sp³-hybridized carbons (Fsp3) is 0.789. The van der Waals surface area contributed by atoms with Gasteiger partial charge in [0.2, 0.25) is 11.8 Å². The number of hydrogen-bond donors (Lipinski definition) is 4. The number of aliphatic hydroxyl groups excluding tert-OH is 1. The van der Waals surface area contributed by atoms with Crippen LogP contribution in [-0.4, -0.2) is 77.1 Å². The van der Waals surface area contributed by atoms with Gasteiger partial charge in [-0.05, 0) is 6.92 Å². The number of nitrogens with one attached hydrogen (secondary N) is 2. The molecule has 0 aromatic carbocycles. The van der Waals surface area contributed by atoms with Crippen LogP contribution in [0.4, 0.5) is 0 Å². The minimum absolute atomic E-state index is 0.0390. The molecule has 172 valence electrons. The Kier molecular flexibility index (Phi) is 11.3. The summed E-state index contributed by atoms with van der Waals surface area (Å²) in [5.41, 5.74) is -0.550. The van der Waals surface area contributed by atoms with Gasteiger partial charge < -0.3 is 30.3 Å². The summed E-state index contributed by atoms with van der Waals surface area (Å²) in [5.74, 6) is -1.28. The molecule has 1 aliphatic heterocycles. The van der Waals surface area contributed by atoms with Gasteiger partial charge in [-0.25, -0.2) is 0 Å². The van der Waals surface area contributed by atoms with Crippen LogP contribution in [0.2, 0.25) is 0 Å². The van der Waals surface area contributed by atoms with E-state index in [0.29, 0.717) is 12.4 Å². The van der Waals surface area contributed by atoms with Crippen molar-refractivity contribution >= 4 is 34.7 Å². The van der Waals surface area contributed by atoms with Crippen molar-refractivity contribution < 1.29 is 38.9 Å². The predicted octanol–water partition coefficient (Wildman–Crippen LogP) is 0.272. The van der Waals surface area contributed by atoms with Gasteiger partial charge in [-0.2, -0.15) is 0 Å². The lowest BCUT2D eigenvalue weighted by atomic mass is 9.85. The van der Waals surface area contributed by atoms with Crippen molar-refractivity contribution in [3.05, 3.63) is 0 Å². The van der Waals surface area contributed by atoms with Crippen LogP contribution in [0.25, 0.3) is 0 Å². The van der Waals surface area contributed by atoms with Crippen LogP contribution in [0.1, 0.15) is 46.5 Å². The standard InChI is InChI=1S/C19H32N2O8S/c1-12(22)10-16-28-11-19(2,3)17(29-16)18(27)21-7-6-13(23)20-8-9-30-15(26)5-4-14(24)25/h12,16-17,22H,4-11H2,1-3H3,(H,20,23)(H,21,27)(H,24,25)/t12?,16?,17-/m0/s1. The molecule has 2 unspecified atom stereocenters. The van der Waals surface area contributed by atoms with Crippen LogP contribution in [-0.2, 0) is 28.7 Å². The average molecular weight is 449 g/mol. The summed E-state index contributed by atoms with van der Waals surface area (Å²) in [4.78, 5) is 46.2. The second kappa shape index (κ2) is 12.9. The summed E-state index contributed by atoms with van der Waals surface area (Å²) in [6.07, 6.45) is -1.94. The van der Waals surface area contributed by atoms with Gasteiger partial charge in [0.1, 0.15) is 6.10 Å². The Labute approximate surface area is 180 Å². The van der Waals surface area contributed by atoms with E-state index in [2.05, 4.69) is 10.6 Å². The first-order valence-corrected chi connectivity index (χ1v) is 10.9. The Morgan fingerprint density at radius 1 is 1.13 bits per heavy atom. The molecule has 4 N–H and O–H groups in total. The molecule has 0 aromatic heterocycles. The molecule has 0 radical (unpaired) electrons. The minimum Gasteiger partial charge on any atom is -0.481 e. The van der Waals surface area contributed by atoms with Crippen molar-refractivity contribution in [2.45, 2.75) is 65.0 Å². The van der Waals surface area contributed by atoms with Crippen LogP contribution in [0.5, 0.6) is 0 Å². The van der Waals surface area contributed by atoms with Gasteiger partial charge in [0.05, 0.1) is 19.1 Å². The molecule has 0 aromatic rings. The third-order valence-electron chi connectivity index (χ3n) is 4.29. The molecule has 0 bridgehead atoms. The molecule has 30 heavy (non-hydrogen) atoms. The number of hydrogen-bond acceptors (Lipinski definition) is 8. The van der Waals surface area contributed by atoms with Gasteiger partial charge in [-0.3, -0.25) is 19.2 Å². The van der Waals surface area contributed by atoms with Crippen LogP contribution in [0, 0.1) is 5.41 Å². The Bertz CT molecular complexity index is 611. The van der Waals surface area contributed by atoms with Gasteiger partial charge in [-0.1, -0.05) is 25.6 Å². The van der Waals surface area contributed by atoms with Gasteiger partial charge >= 0.3 is 5.97 Å². The number of aliphatic carboxylic acids is 1. The topological polar surface area (TPSA) is 151 Å². The van der Waals surface area contributed by atoms with E-state index in [1.165, 1.54) is 0 Å². The van der Waals surface area contributed by atoms with Crippen molar-refractivity contribution in [1.29, 1.82) is 0 Å². The number of amides is 2. The zero-order chi connectivity index (χ0) is 22.7. The van der Waals surface area contributed by atoms with E-state index in [-0.39, 0.29) is 55.7 Å².